The predicted octanol–water partition coefficient (Wildman–Crippen LogP) is 3.45. The second-order valence-corrected chi connectivity index (χ2v) is 8.23. The highest BCUT2D eigenvalue weighted by molar-refractivity contribution is 6.31. The summed E-state index contributed by atoms with van der Waals surface area (Å²) in [4.78, 5) is 26.7. The molecule has 3 atom stereocenters. The van der Waals surface area contributed by atoms with Crippen LogP contribution in [0, 0.1) is 12.8 Å². The fourth-order valence-electron chi connectivity index (χ4n) is 4.56. The molecule has 0 bridgehead atoms. The molecule has 0 saturated carbocycles. The van der Waals surface area contributed by atoms with Crippen molar-refractivity contribution in [1.29, 1.82) is 0 Å². The maximum absolute atomic E-state index is 13.5. The van der Waals surface area contributed by atoms with E-state index in [0.29, 0.717) is 39.9 Å². The van der Waals surface area contributed by atoms with Crippen LogP contribution in [0.4, 0.5) is 11.4 Å². The Morgan fingerprint density at radius 2 is 2.00 bits per heavy atom. The summed E-state index contributed by atoms with van der Waals surface area (Å²) in [6.07, 6.45) is 0.497. The molecule has 30 heavy (non-hydrogen) atoms. The lowest BCUT2D eigenvalue weighted by atomic mass is 9.79. The third-order valence-corrected chi connectivity index (χ3v) is 6.11. The smallest absolute Gasteiger partial charge is 0.250 e. The first-order valence-electron chi connectivity index (χ1n) is 9.72. The van der Waals surface area contributed by atoms with E-state index in [1.54, 1.807) is 37.4 Å². The van der Waals surface area contributed by atoms with E-state index in [-0.39, 0.29) is 17.9 Å². The molecule has 0 aromatic heterocycles. The first kappa shape index (κ1) is 20.5. The van der Waals surface area contributed by atoms with Gasteiger partial charge in [-0.2, -0.15) is 0 Å². The lowest BCUT2D eigenvalue weighted by Crippen LogP contribution is -2.52. The van der Waals surface area contributed by atoms with Crippen LogP contribution in [0.25, 0.3) is 0 Å². The minimum absolute atomic E-state index is 0.0380. The summed E-state index contributed by atoms with van der Waals surface area (Å²) in [5.74, 6) is -0.0658. The maximum Gasteiger partial charge on any atom is 0.250 e. The molecule has 1 saturated heterocycles. The first-order valence-corrected chi connectivity index (χ1v) is 10.1. The molecule has 0 aliphatic carbocycles. The van der Waals surface area contributed by atoms with E-state index >= 15 is 0 Å². The number of ether oxygens (including phenoxy) is 2. The van der Waals surface area contributed by atoms with Gasteiger partial charge in [-0.15, -0.1) is 0 Å². The van der Waals surface area contributed by atoms with Crippen molar-refractivity contribution >= 4 is 34.8 Å². The summed E-state index contributed by atoms with van der Waals surface area (Å²) in [5.41, 5.74) is 1.58. The number of anilines is 2. The number of carbonyl (C=O) groups excluding carboxylic acids is 2. The second kappa shape index (κ2) is 7.49. The highest BCUT2D eigenvalue weighted by Gasteiger charge is 2.59. The zero-order valence-corrected chi connectivity index (χ0v) is 18.0. The largest absolute Gasteiger partial charge is 0.497 e. The molecular formula is C22H24ClN3O4. The summed E-state index contributed by atoms with van der Waals surface area (Å²) in [6, 6.07) is 8.69. The summed E-state index contributed by atoms with van der Waals surface area (Å²) in [7, 11) is 3.08. The van der Waals surface area contributed by atoms with Crippen LogP contribution in [0.2, 0.25) is 5.02 Å². The standard InChI is InChI=1S/C22H24ClN3O4/c1-11-7-13(23)9-15-19(11)25-21(28)22(15)16(8-12(2)26-22)20(27)24-17-10-14(29-3)5-6-18(17)30-4/h5-7,9-10,12,16,26H,8H2,1-4H3,(H,24,27)(H,25,28)/t12-,16-,22+/m0/s1. The highest BCUT2D eigenvalue weighted by atomic mass is 35.5. The van der Waals surface area contributed by atoms with Gasteiger partial charge in [0.15, 0.2) is 0 Å². The lowest BCUT2D eigenvalue weighted by Gasteiger charge is -2.29. The van der Waals surface area contributed by atoms with Crippen molar-refractivity contribution in [3.05, 3.63) is 46.5 Å². The van der Waals surface area contributed by atoms with Crippen molar-refractivity contribution in [3.8, 4) is 11.5 Å². The van der Waals surface area contributed by atoms with Crippen molar-refractivity contribution in [1.82, 2.24) is 5.32 Å². The lowest BCUT2D eigenvalue weighted by molar-refractivity contribution is -0.130. The molecule has 2 amide bonds. The van der Waals surface area contributed by atoms with E-state index < -0.39 is 11.5 Å². The number of methoxy groups -OCH3 is 2. The van der Waals surface area contributed by atoms with Crippen LogP contribution in [0.1, 0.15) is 24.5 Å². The van der Waals surface area contributed by atoms with Gasteiger partial charge < -0.3 is 20.1 Å². The Kier molecular flexibility index (Phi) is 5.11. The molecule has 2 aliphatic rings. The molecule has 1 spiro atoms. The predicted molar refractivity (Wildman–Crippen MR) is 115 cm³/mol. The summed E-state index contributed by atoms with van der Waals surface area (Å²) < 4.78 is 10.6. The van der Waals surface area contributed by atoms with Crippen LogP contribution in [-0.4, -0.2) is 32.1 Å². The fourth-order valence-corrected chi connectivity index (χ4v) is 4.83. The molecule has 3 N–H and O–H groups in total. The number of carbonyl (C=O) groups is 2. The van der Waals surface area contributed by atoms with Crippen molar-refractivity contribution in [2.75, 3.05) is 24.9 Å². The van der Waals surface area contributed by atoms with Gasteiger partial charge in [0.25, 0.3) is 0 Å². The molecule has 7 nitrogen and oxygen atoms in total. The summed E-state index contributed by atoms with van der Waals surface area (Å²) in [6.45, 7) is 3.85. The topological polar surface area (TPSA) is 88.7 Å². The van der Waals surface area contributed by atoms with Gasteiger partial charge >= 0.3 is 0 Å². The van der Waals surface area contributed by atoms with E-state index in [0.717, 1.165) is 5.56 Å². The quantitative estimate of drug-likeness (QED) is 0.692. The molecule has 2 aromatic carbocycles. The minimum Gasteiger partial charge on any atom is -0.497 e. The molecule has 4 rings (SSSR count). The monoisotopic (exact) mass is 429 g/mol. The molecular weight excluding hydrogens is 406 g/mol. The van der Waals surface area contributed by atoms with Gasteiger partial charge in [0.1, 0.15) is 17.0 Å². The first-order chi connectivity index (χ1) is 14.3. The van der Waals surface area contributed by atoms with Crippen LogP contribution in [0.5, 0.6) is 11.5 Å². The summed E-state index contributed by atoms with van der Waals surface area (Å²) >= 11 is 6.31. The van der Waals surface area contributed by atoms with Gasteiger partial charge in [-0.05, 0) is 50.1 Å². The minimum atomic E-state index is -1.18. The molecule has 2 heterocycles. The Labute approximate surface area is 180 Å². The summed E-state index contributed by atoms with van der Waals surface area (Å²) in [5, 5.41) is 9.78. The van der Waals surface area contributed by atoms with Gasteiger partial charge in [0.2, 0.25) is 11.8 Å². The Bertz CT molecular complexity index is 1040. The highest BCUT2D eigenvalue weighted by Crippen LogP contribution is 2.49. The number of hydrogen-bond acceptors (Lipinski definition) is 5. The molecule has 158 valence electrons. The van der Waals surface area contributed by atoms with Crippen molar-refractivity contribution in [2.45, 2.75) is 31.8 Å². The van der Waals surface area contributed by atoms with Crippen LogP contribution < -0.4 is 25.4 Å². The number of aryl methyl sites for hydroxylation is 1. The van der Waals surface area contributed by atoms with Gasteiger partial charge in [-0.25, -0.2) is 0 Å². The maximum atomic E-state index is 13.5. The molecule has 1 fully saturated rings. The third-order valence-electron chi connectivity index (χ3n) is 5.89. The van der Waals surface area contributed by atoms with Crippen LogP contribution in [0.15, 0.2) is 30.3 Å². The molecule has 0 radical (unpaired) electrons. The Morgan fingerprint density at radius 3 is 2.70 bits per heavy atom. The number of nitrogens with one attached hydrogen (secondary N) is 3. The average Bonchev–Trinajstić information content (AvgIpc) is 3.20. The molecule has 0 unspecified atom stereocenters. The van der Waals surface area contributed by atoms with E-state index in [9.17, 15) is 9.59 Å². The van der Waals surface area contributed by atoms with Crippen LogP contribution in [-0.2, 0) is 15.1 Å². The van der Waals surface area contributed by atoms with Crippen LogP contribution in [0.3, 0.4) is 0 Å². The van der Waals surface area contributed by atoms with Gasteiger partial charge in [-0.1, -0.05) is 11.6 Å². The number of benzene rings is 2. The number of halogens is 1. The van der Waals surface area contributed by atoms with E-state index in [1.807, 2.05) is 13.8 Å². The zero-order chi connectivity index (χ0) is 21.6. The molecule has 2 aliphatic heterocycles. The third kappa shape index (κ3) is 3.09. The number of amides is 2. The molecule has 2 aromatic rings. The zero-order valence-electron chi connectivity index (χ0n) is 17.3. The Hall–Kier alpha value is -2.77. The van der Waals surface area contributed by atoms with Crippen molar-refractivity contribution in [3.63, 3.8) is 0 Å². The van der Waals surface area contributed by atoms with E-state index in [1.165, 1.54) is 7.11 Å². The number of hydrogen-bond donors (Lipinski definition) is 3. The Balaban J connectivity index is 1.75. The van der Waals surface area contributed by atoms with Crippen LogP contribution >= 0.6 is 11.6 Å². The van der Waals surface area contributed by atoms with Gasteiger partial charge in [0, 0.05) is 28.4 Å². The average molecular weight is 430 g/mol. The van der Waals surface area contributed by atoms with Gasteiger partial charge in [0.05, 0.1) is 25.8 Å². The normalized spacial score (nSPS) is 24.5. The molecule has 8 heteroatoms. The fraction of sp³-hybridized carbons (Fsp3) is 0.364. The Morgan fingerprint density at radius 1 is 1.23 bits per heavy atom. The second-order valence-electron chi connectivity index (χ2n) is 7.80. The SMILES string of the molecule is COc1ccc(OC)c(NC(=O)[C@@H]2C[C@H](C)N[C@@]23C(=O)Nc2c(C)cc(Cl)cc23)c1. The number of rotatable bonds is 4. The number of fused-ring (bicyclic) bond motifs is 2. The van der Waals surface area contributed by atoms with E-state index in [2.05, 4.69) is 16.0 Å². The van der Waals surface area contributed by atoms with Crippen molar-refractivity contribution in [2.24, 2.45) is 5.92 Å². The van der Waals surface area contributed by atoms with E-state index in [4.69, 9.17) is 21.1 Å². The van der Waals surface area contributed by atoms with Crippen molar-refractivity contribution < 1.29 is 19.1 Å². The van der Waals surface area contributed by atoms with Gasteiger partial charge in [-0.3, -0.25) is 14.9 Å².